The van der Waals surface area contributed by atoms with E-state index in [9.17, 15) is 0 Å². The van der Waals surface area contributed by atoms with Crippen molar-refractivity contribution in [2.24, 2.45) is 10.8 Å². The van der Waals surface area contributed by atoms with Gasteiger partial charge >= 0.3 is 0 Å². The van der Waals surface area contributed by atoms with Gasteiger partial charge in [0, 0.05) is 19.7 Å². The molecular weight excluding hydrogens is 318 g/mol. The summed E-state index contributed by atoms with van der Waals surface area (Å²) >= 11 is 0. The highest BCUT2D eigenvalue weighted by Gasteiger charge is 2.06. The highest BCUT2D eigenvalue weighted by atomic mass is 15.4. The molecule has 0 saturated carbocycles. The summed E-state index contributed by atoms with van der Waals surface area (Å²) in [5.41, 5.74) is 12.4. The average Bonchev–Trinajstić information content (AvgIpc) is 2.68. The van der Waals surface area contributed by atoms with E-state index in [0.29, 0.717) is 0 Å². The summed E-state index contributed by atoms with van der Waals surface area (Å²) in [7, 11) is 3.81. The second-order valence-corrected chi connectivity index (χ2v) is 6.49. The molecule has 0 atom stereocenters. The SMILES string of the molecule is CN(C)/N=C(\C=C/N)c1cccc(-c2ccc(C3=CCCC=C3)cc2)c1. The molecule has 0 fully saturated rings. The maximum atomic E-state index is 5.59. The molecule has 0 heterocycles. The second-order valence-electron chi connectivity index (χ2n) is 6.49. The Bertz CT molecular complexity index is 869. The zero-order chi connectivity index (χ0) is 18.4. The van der Waals surface area contributed by atoms with Crippen LogP contribution in [0.1, 0.15) is 24.0 Å². The van der Waals surface area contributed by atoms with Crippen molar-refractivity contribution in [1.82, 2.24) is 5.01 Å². The van der Waals surface area contributed by atoms with Crippen LogP contribution in [0.15, 0.2) is 84.1 Å². The first-order chi connectivity index (χ1) is 12.7. The Balaban J connectivity index is 1.90. The molecule has 2 aromatic carbocycles. The largest absolute Gasteiger partial charge is 0.405 e. The molecule has 1 aliphatic rings. The molecule has 0 radical (unpaired) electrons. The Hall–Kier alpha value is -3.07. The molecular formula is C23H25N3. The summed E-state index contributed by atoms with van der Waals surface area (Å²) in [6, 6.07) is 17.1. The summed E-state index contributed by atoms with van der Waals surface area (Å²) in [4.78, 5) is 0. The van der Waals surface area contributed by atoms with Gasteiger partial charge < -0.3 is 10.7 Å². The van der Waals surface area contributed by atoms with Gasteiger partial charge in [0.15, 0.2) is 0 Å². The van der Waals surface area contributed by atoms with Gasteiger partial charge in [0.05, 0.1) is 5.71 Å². The van der Waals surface area contributed by atoms with Crippen LogP contribution >= 0.6 is 0 Å². The Morgan fingerprint density at radius 3 is 2.42 bits per heavy atom. The van der Waals surface area contributed by atoms with Gasteiger partial charge in [0.25, 0.3) is 0 Å². The van der Waals surface area contributed by atoms with Crippen molar-refractivity contribution in [2.45, 2.75) is 12.8 Å². The lowest BCUT2D eigenvalue weighted by molar-refractivity contribution is 0.438. The number of allylic oxidation sites excluding steroid dienone is 5. The zero-order valence-electron chi connectivity index (χ0n) is 15.4. The Kier molecular flexibility index (Phi) is 5.69. The highest BCUT2D eigenvalue weighted by molar-refractivity contribution is 6.09. The Morgan fingerprint density at radius 2 is 1.77 bits per heavy atom. The quantitative estimate of drug-likeness (QED) is 0.624. The highest BCUT2D eigenvalue weighted by Crippen LogP contribution is 2.26. The van der Waals surface area contributed by atoms with E-state index >= 15 is 0 Å². The summed E-state index contributed by atoms with van der Waals surface area (Å²) in [6.45, 7) is 0. The van der Waals surface area contributed by atoms with Crippen LogP contribution in [0.2, 0.25) is 0 Å². The number of nitrogens with two attached hydrogens (primary N) is 1. The van der Waals surface area contributed by atoms with Gasteiger partial charge in [-0.15, -0.1) is 0 Å². The summed E-state index contributed by atoms with van der Waals surface area (Å²) in [5.74, 6) is 0. The fraction of sp³-hybridized carbons (Fsp3) is 0.174. The van der Waals surface area contributed by atoms with E-state index in [4.69, 9.17) is 5.73 Å². The molecule has 26 heavy (non-hydrogen) atoms. The molecule has 0 aliphatic heterocycles. The molecule has 0 unspecified atom stereocenters. The molecule has 0 amide bonds. The second kappa shape index (κ2) is 8.34. The van der Waals surface area contributed by atoms with Crippen LogP contribution in [0.5, 0.6) is 0 Å². The molecule has 3 rings (SSSR count). The summed E-state index contributed by atoms with van der Waals surface area (Å²) in [6.07, 6.45) is 12.4. The standard InChI is InChI=1S/C23H25N3/c1-26(2)25-23(15-16-24)22-10-6-9-21(17-22)20-13-11-19(12-14-20)18-7-4-3-5-8-18/h4,6-17H,3,5,24H2,1-2H3/b16-15-,25-23+. The topological polar surface area (TPSA) is 41.6 Å². The predicted octanol–water partition coefficient (Wildman–Crippen LogP) is 4.83. The number of hydrazone groups is 1. The first-order valence-electron chi connectivity index (χ1n) is 8.89. The van der Waals surface area contributed by atoms with Crippen molar-refractivity contribution in [2.75, 3.05) is 14.1 Å². The minimum atomic E-state index is 0.841. The van der Waals surface area contributed by atoms with Gasteiger partial charge in [-0.1, -0.05) is 60.7 Å². The number of rotatable bonds is 5. The average molecular weight is 343 g/mol. The van der Waals surface area contributed by atoms with Gasteiger partial charge in [0.1, 0.15) is 0 Å². The number of hydrogen-bond acceptors (Lipinski definition) is 3. The smallest absolute Gasteiger partial charge is 0.0918 e. The number of hydrogen-bond donors (Lipinski definition) is 1. The van der Waals surface area contributed by atoms with E-state index in [2.05, 4.69) is 71.9 Å². The zero-order valence-corrected chi connectivity index (χ0v) is 15.4. The van der Waals surface area contributed by atoms with Gasteiger partial charge in [-0.05, 0) is 53.4 Å². The third-order valence-corrected chi connectivity index (χ3v) is 4.27. The lowest BCUT2D eigenvalue weighted by atomic mass is 9.96. The van der Waals surface area contributed by atoms with Crippen molar-refractivity contribution in [3.63, 3.8) is 0 Å². The molecule has 3 heteroatoms. The molecule has 0 spiro atoms. The predicted molar refractivity (Wildman–Crippen MR) is 112 cm³/mol. The van der Waals surface area contributed by atoms with Crippen molar-refractivity contribution in [3.05, 3.63) is 90.2 Å². The van der Waals surface area contributed by atoms with Crippen LogP contribution in [-0.4, -0.2) is 24.8 Å². The first kappa shape index (κ1) is 17.7. The van der Waals surface area contributed by atoms with Crippen molar-refractivity contribution >= 4 is 11.3 Å². The normalized spacial score (nSPS) is 14.5. The maximum Gasteiger partial charge on any atom is 0.0918 e. The van der Waals surface area contributed by atoms with Gasteiger partial charge in [-0.2, -0.15) is 5.10 Å². The first-order valence-corrected chi connectivity index (χ1v) is 8.89. The third-order valence-electron chi connectivity index (χ3n) is 4.27. The number of nitrogens with zero attached hydrogens (tertiary/aromatic N) is 2. The minimum Gasteiger partial charge on any atom is -0.405 e. The maximum absolute atomic E-state index is 5.59. The molecule has 132 valence electrons. The van der Waals surface area contributed by atoms with Crippen molar-refractivity contribution < 1.29 is 0 Å². The fourth-order valence-corrected chi connectivity index (χ4v) is 3.03. The lowest BCUT2D eigenvalue weighted by Crippen LogP contribution is -2.09. The van der Waals surface area contributed by atoms with E-state index in [1.54, 1.807) is 5.01 Å². The van der Waals surface area contributed by atoms with E-state index < -0.39 is 0 Å². The summed E-state index contributed by atoms with van der Waals surface area (Å²) < 4.78 is 0. The van der Waals surface area contributed by atoms with E-state index in [-0.39, 0.29) is 0 Å². The van der Waals surface area contributed by atoms with Gasteiger partial charge in [-0.25, -0.2) is 0 Å². The Labute approximate surface area is 155 Å². The van der Waals surface area contributed by atoms with Crippen LogP contribution in [0.25, 0.3) is 16.7 Å². The van der Waals surface area contributed by atoms with Crippen LogP contribution in [0.3, 0.4) is 0 Å². The molecule has 0 saturated heterocycles. The van der Waals surface area contributed by atoms with E-state index in [0.717, 1.165) is 24.1 Å². The van der Waals surface area contributed by atoms with Crippen LogP contribution < -0.4 is 5.73 Å². The third kappa shape index (κ3) is 4.31. The van der Waals surface area contributed by atoms with Crippen molar-refractivity contribution in [3.8, 4) is 11.1 Å². The fourth-order valence-electron chi connectivity index (χ4n) is 3.03. The molecule has 2 N–H and O–H groups in total. The van der Waals surface area contributed by atoms with Crippen LogP contribution in [-0.2, 0) is 0 Å². The minimum absolute atomic E-state index is 0.841. The number of benzene rings is 2. The van der Waals surface area contributed by atoms with Gasteiger partial charge in [0.2, 0.25) is 0 Å². The van der Waals surface area contributed by atoms with Crippen molar-refractivity contribution in [1.29, 1.82) is 0 Å². The molecule has 1 aliphatic carbocycles. The van der Waals surface area contributed by atoms with Crippen LogP contribution in [0.4, 0.5) is 0 Å². The van der Waals surface area contributed by atoms with E-state index in [1.165, 1.54) is 28.5 Å². The van der Waals surface area contributed by atoms with Crippen LogP contribution in [0, 0.1) is 0 Å². The van der Waals surface area contributed by atoms with Gasteiger partial charge in [-0.3, -0.25) is 0 Å². The molecule has 2 aromatic rings. The molecule has 3 nitrogen and oxygen atoms in total. The van der Waals surface area contributed by atoms with E-state index in [1.807, 2.05) is 20.2 Å². The monoisotopic (exact) mass is 343 g/mol. The molecule has 0 bridgehead atoms. The molecule has 0 aromatic heterocycles. The lowest BCUT2D eigenvalue weighted by Gasteiger charge is -2.11. The summed E-state index contributed by atoms with van der Waals surface area (Å²) in [5, 5.41) is 6.30. The Morgan fingerprint density at radius 1 is 1.00 bits per heavy atom.